The molecule has 0 aliphatic carbocycles. The van der Waals surface area contributed by atoms with Crippen molar-refractivity contribution in [2.45, 2.75) is 6.61 Å². The monoisotopic (exact) mass is 236 g/mol. The minimum atomic E-state index is -0.320. The highest BCUT2D eigenvalue weighted by Gasteiger charge is 2.06. The van der Waals surface area contributed by atoms with Gasteiger partial charge in [-0.25, -0.2) is 4.39 Å². The van der Waals surface area contributed by atoms with Crippen molar-refractivity contribution in [2.24, 2.45) is 0 Å². The van der Waals surface area contributed by atoms with E-state index in [0.29, 0.717) is 21.7 Å². The van der Waals surface area contributed by atoms with Crippen molar-refractivity contribution < 1.29 is 9.50 Å². The van der Waals surface area contributed by atoms with E-state index in [1.54, 1.807) is 36.4 Å². The summed E-state index contributed by atoms with van der Waals surface area (Å²) in [5, 5.41) is 9.57. The molecular formula is C13H10ClFO. The molecule has 1 nitrogen and oxygen atoms in total. The molecule has 0 bridgehead atoms. The third kappa shape index (κ3) is 2.23. The van der Waals surface area contributed by atoms with Crippen molar-refractivity contribution >= 4 is 11.6 Å². The summed E-state index contributed by atoms with van der Waals surface area (Å²) < 4.78 is 13.6. The lowest BCUT2D eigenvalue weighted by molar-refractivity contribution is 0.282. The molecule has 2 aromatic rings. The molecule has 2 aromatic carbocycles. The highest BCUT2D eigenvalue weighted by molar-refractivity contribution is 6.30. The fourth-order valence-electron chi connectivity index (χ4n) is 1.55. The molecule has 82 valence electrons. The van der Waals surface area contributed by atoms with E-state index in [0.717, 1.165) is 0 Å². The average molecular weight is 237 g/mol. The van der Waals surface area contributed by atoms with Crippen molar-refractivity contribution in [2.75, 3.05) is 0 Å². The maximum Gasteiger partial charge on any atom is 0.131 e. The largest absolute Gasteiger partial charge is 0.392 e. The van der Waals surface area contributed by atoms with Crippen molar-refractivity contribution in [3.63, 3.8) is 0 Å². The SMILES string of the molecule is OCc1ccc(F)c(-c2cccc(Cl)c2)c1. The second kappa shape index (κ2) is 4.64. The number of hydrogen-bond acceptors (Lipinski definition) is 1. The lowest BCUT2D eigenvalue weighted by Gasteiger charge is -2.06. The molecule has 3 heteroatoms. The summed E-state index contributed by atoms with van der Waals surface area (Å²) >= 11 is 5.85. The topological polar surface area (TPSA) is 20.2 Å². The van der Waals surface area contributed by atoms with Crippen molar-refractivity contribution in [1.82, 2.24) is 0 Å². The Bertz CT molecular complexity index is 511. The van der Waals surface area contributed by atoms with E-state index >= 15 is 0 Å². The molecule has 0 spiro atoms. The summed E-state index contributed by atoms with van der Waals surface area (Å²) in [5.74, 6) is -0.320. The predicted molar refractivity (Wildman–Crippen MR) is 62.8 cm³/mol. The maximum atomic E-state index is 13.6. The van der Waals surface area contributed by atoms with Crippen LogP contribution in [0.15, 0.2) is 42.5 Å². The molecule has 2 rings (SSSR count). The Hall–Kier alpha value is -1.38. The van der Waals surface area contributed by atoms with Crippen molar-refractivity contribution in [3.8, 4) is 11.1 Å². The Morgan fingerprint density at radius 2 is 1.94 bits per heavy atom. The molecule has 16 heavy (non-hydrogen) atoms. The molecule has 0 aliphatic rings. The smallest absolute Gasteiger partial charge is 0.131 e. The number of benzene rings is 2. The Kier molecular flexibility index (Phi) is 3.22. The van der Waals surface area contributed by atoms with Crippen LogP contribution in [0.1, 0.15) is 5.56 Å². The van der Waals surface area contributed by atoms with Gasteiger partial charge in [0.05, 0.1) is 6.61 Å². The number of halogens is 2. The van der Waals surface area contributed by atoms with Crippen LogP contribution in [0.2, 0.25) is 5.02 Å². The molecule has 0 unspecified atom stereocenters. The molecule has 0 fully saturated rings. The first kappa shape index (κ1) is 11.1. The summed E-state index contributed by atoms with van der Waals surface area (Å²) in [7, 11) is 0. The van der Waals surface area contributed by atoms with Crippen LogP contribution in [-0.4, -0.2) is 5.11 Å². The average Bonchev–Trinajstić information content (AvgIpc) is 2.30. The van der Waals surface area contributed by atoms with Gasteiger partial charge in [-0.1, -0.05) is 29.8 Å². The highest BCUT2D eigenvalue weighted by atomic mass is 35.5. The molecule has 0 heterocycles. The van der Waals surface area contributed by atoms with E-state index in [9.17, 15) is 4.39 Å². The lowest BCUT2D eigenvalue weighted by atomic mass is 10.0. The van der Waals surface area contributed by atoms with Gasteiger partial charge in [-0.2, -0.15) is 0 Å². The third-order valence-electron chi connectivity index (χ3n) is 2.35. The third-order valence-corrected chi connectivity index (χ3v) is 2.58. The Balaban J connectivity index is 2.54. The predicted octanol–water partition coefficient (Wildman–Crippen LogP) is 3.64. The summed E-state index contributed by atoms with van der Waals surface area (Å²) in [6, 6.07) is 11.5. The first-order valence-corrected chi connectivity index (χ1v) is 5.24. The number of aliphatic hydroxyl groups excluding tert-OH is 1. The van der Waals surface area contributed by atoms with Crippen LogP contribution in [-0.2, 0) is 6.61 Å². The lowest BCUT2D eigenvalue weighted by Crippen LogP contribution is -1.89. The number of rotatable bonds is 2. The van der Waals surface area contributed by atoms with Gasteiger partial charge in [0.25, 0.3) is 0 Å². The molecule has 0 aliphatic heterocycles. The van der Waals surface area contributed by atoms with Gasteiger partial charge in [0.2, 0.25) is 0 Å². The van der Waals surface area contributed by atoms with Gasteiger partial charge in [0, 0.05) is 10.6 Å². The molecule has 0 atom stereocenters. The van der Waals surface area contributed by atoms with E-state index in [2.05, 4.69) is 0 Å². The second-order valence-corrected chi connectivity index (χ2v) is 3.92. The molecule has 0 amide bonds. The molecular weight excluding hydrogens is 227 g/mol. The zero-order valence-electron chi connectivity index (χ0n) is 8.45. The van der Waals surface area contributed by atoms with Crippen LogP contribution in [0.4, 0.5) is 4.39 Å². The Morgan fingerprint density at radius 3 is 2.62 bits per heavy atom. The normalized spacial score (nSPS) is 10.4. The summed E-state index contributed by atoms with van der Waals surface area (Å²) in [6.45, 7) is -0.103. The molecule has 0 saturated carbocycles. The van der Waals surface area contributed by atoms with E-state index in [4.69, 9.17) is 16.7 Å². The number of aliphatic hydroxyl groups is 1. The van der Waals surface area contributed by atoms with Crippen molar-refractivity contribution in [3.05, 3.63) is 58.9 Å². The minimum Gasteiger partial charge on any atom is -0.392 e. The van der Waals surface area contributed by atoms with Crippen LogP contribution in [0.25, 0.3) is 11.1 Å². The van der Waals surface area contributed by atoms with Gasteiger partial charge >= 0.3 is 0 Å². The molecule has 0 radical (unpaired) electrons. The summed E-state index contributed by atoms with van der Waals surface area (Å²) in [6.07, 6.45) is 0. The van der Waals surface area contributed by atoms with Crippen LogP contribution in [0.3, 0.4) is 0 Å². The molecule has 0 saturated heterocycles. The first-order chi connectivity index (χ1) is 7.70. The summed E-state index contributed by atoms with van der Waals surface area (Å²) in [4.78, 5) is 0. The minimum absolute atomic E-state index is 0.103. The number of hydrogen-bond donors (Lipinski definition) is 1. The Morgan fingerprint density at radius 1 is 1.12 bits per heavy atom. The van der Waals surface area contributed by atoms with Gasteiger partial charge < -0.3 is 5.11 Å². The maximum absolute atomic E-state index is 13.6. The summed E-state index contributed by atoms with van der Waals surface area (Å²) in [5.41, 5.74) is 1.84. The zero-order chi connectivity index (χ0) is 11.5. The second-order valence-electron chi connectivity index (χ2n) is 3.48. The highest BCUT2D eigenvalue weighted by Crippen LogP contribution is 2.26. The van der Waals surface area contributed by atoms with E-state index in [1.165, 1.54) is 6.07 Å². The van der Waals surface area contributed by atoms with Crippen LogP contribution in [0.5, 0.6) is 0 Å². The fourth-order valence-corrected chi connectivity index (χ4v) is 1.74. The van der Waals surface area contributed by atoms with E-state index in [1.807, 2.05) is 0 Å². The fraction of sp³-hybridized carbons (Fsp3) is 0.0769. The van der Waals surface area contributed by atoms with Crippen molar-refractivity contribution in [1.29, 1.82) is 0 Å². The zero-order valence-corrected chi connectivity index (χ0v) is 9.21. The van der Waals surface area contributed by atoms with Crippen LogP contribution >= 0.6 is 11.6 Å². The standard InChI is InChI=1S/C13H10ClFO/c14-11-3-1-2-10(7-11)12-6-9(8-16)4-5-13(12)15/h1-7,16H,8H2. The van der Waals surface area contributed by atoms with Gasteiger partial charge in [-0.15, -0.1) is 0 Å². The van der Waals surface area contributed by atoms with E-state index in [-0.39, 0.29) is 12.4 Å². The van der Waals surface area contributed by atoms with Gasteiger partial charge in [0.1, 0.15) is 5.82 Å². The van der Waals surface area contributed by atoms with Crippen LogP contribution in [0, 0.1) is 5.82 Å². The first-order valence-electron chi connectivity index (χ1n) is 4.86. The van der Waals surface area contributed by atoms with Crippen LogP contribution < -0.4 is 0 Å². The van der Waals surface area contributed by atoms with E-state index < -0.39 is 0 Å². The van der Waals surface area contributed by atoms with Gasteiger partial charge in [-0.3, -0.25) is 0 Å². The molecule has 1 N–H and O–H groups in total. The van der Waals surface area contributed by atoms with Gasteiger partial charge in [0.15, 0.2) is 0 Å². The Labute approximate surface area is 98.1 Å². The van der Waals surface area contributed by atoms with Gasteiger partial charge in [-0.05, 0) is 35.4 Å². The molecule has 0 aromatic heterocycles. The quantitative estimate of drug-likeness (QED) is 0.844.